The Balaban J connectivity index is 2.36. The summed E-state index contributed by atoms with van der Waals surface area (Å²) in [6.07, 6.45) is -1.60. The van der Waals surface area contributed by atoms with E-state index in [1.165, 1.54) is 6.07 Å². The van der Waals surface area contributed by atoms with Crippen LogP contribution in [-0.4, -0.2) is 17.4 Å². The molecule has 0 saturated heterocycles. The molecule has 0 fully saturated rings. The van der Waals surface area contributed by atoms with E-state index >= 15 is 0 Å². The molecule has 6 heteroatoms. The second-order valence-electron chi connectivity index (χ2n) is 4.26. The Hall–Kier alpha value is -0.970. The van der Waals surface area contributed by atoms with E-state index in [0.717, 1.165) is 25.1 Å². The highest BCUT2D eigenvalue weighted by Gasteiger charge is 2.30. The van der Waals surface area contributed by atoms with E-state index in [1.807, 2.05) is 0 Å². The van der Waals surface area contributed by atoms with Crippen LogP contribution in [0, 0.1) is 5.92 Å². The molecule has 102 valence electrons. The minimum absolute atomic E-state index is 0.453. The lowest BCUT2D eigenvalue weighted by Crippen LogP contribution is -2.08. The van der Waals surface area contributed by atoms with Crippen LogP contribution >= 0.6 is 11.6 Å². The van der Waals surface area contributed by atoms with E-state index in [4.69, 9.17) is 11.6 Å². The van der Waals surface area contributed by atoms with Crippen molar-refractivity contribution in [2.75, 3.05) is 17.7 Å². The van der Waals surface area contributed by atoms with Crippen molar-refractivity contribution in [2.24, 2.45) is 5.92 Å². The Labute approximate surface area is 110 Å². The van der Waals surface area contributed by atoms with E-state index in [9.17, 15) is 13.2 Å². The minimum atomic E-state index is -4.33. The molecule has 0 amide bonds. The lowest BCUT2D eigenvalue weighted by Gasteiger charge is -2.10. The normalized spacial score (nSPS) is 13.4. The first kappa shape index (κ1) is 15.1. The van der Waals surface area contributed by atoms with Gasteiger partial charge in [0, 0.05) is 18.6 Å². The number of hydrogen-bond acceptors (Lipinski definition) is 2. The molecule has 18 heavy (non-hydrogen) atoms. The van der Waals surface area contributed by atoms with E-state index in [0.29, 0.717) is 24.2 Å². The average Bonchev–Trinajstić information content (AvgIpc) is 2.33. The molecule has 1 aromatic heterocycles. The number of alkyl halides is 4. The second kappa shape index (κ2) is 6.83. The first-order chi connectivity index (χ1) is 8.43. The summed E-state index contributed by atoms with van der Waals surface area (Å²) in [6.45, 7) is 2.74. The molecule has 1 heterocycles. The zero-order valence-electron chi connectivity index (χ0n) is 10.1. The average molecular weight is 281 g/mol. The summed E-state index contributed by atoms with van der Waals surface area (Å²) >= 11 is 5.67. The fraction of sp³-hybridized carbons (Fsp3) is 0.583. The van der Waals surface area contributed by atoms with Crippen molar-refractivity contribution in [2.45, 2.75) is 25.9 Å². The van der Waals surface area contributed by atoms with E-state index in [2.05, 4.69) is 17.2 Å². The van der Waals surface area contributed by atoms with Crippen molar-refractivity contribution in [1.29, 1.82) is 0 Å². The van der Waals surface area contributed by atoms with Crippen LogP contribution in [0.25, 0.3) is 0 Å². The molecule has 0 aliphatic rings. The molecule has 1 rings (SSSR count). The van der Waals surface area contributed by atoms with E-state index in [-0.39, 0.29) is 0 Å². The summed E-state index contributed by atoms with van der Waals surface area (Å²) in [5.41, 5.74) is -0.733. The van der Waals surface area contributed by atoms with Crippen molar-refractivity contribution in [3.8, 4) is 0 Å². The monoisotopic (exact) mass is 280 g/mol. The van der Waals surface area contributed by atoms with Crippen LogP contribution in [0.15, 0.2) is 18.3 Å². The quantitative estimate of drug-likeness (QED) is 0.625. The smallest absolute Gasteiger partial charge is 0.370 e. The highest BCUT2D eigenvalue weighted by molar-refractivity contribution is 6.18. The fourth-order valence-corrected chi connectivity index (χ4v) is 1.56. The first-order valence-electron chi connectivity index (χ1n) is 5.76. The second-order valence-corrected chi connectivity index (χ2v) is 4.57. The molecule has 2 nitrogen and oxygen atoms in total. The molecule has 0 bridgehead atoms. The zero-order chi connectivity index (χ0) is 13.6. The number of aromatic nitrogens is 1. The topological polar surface area (TPSA) is 24.9 Å². The minimum Gasteiger partial charge on any atom is -0.370 e. The number of nitrogens with zero attached hydrogens (tertiary/aromatic N) is 1. The number of rotatable bonds is 6. The SMILES string of the molecule is CC(CCl)CCCNc1ccc(C(F)(F)F)cn1. The van der Waals surface area contributed by atoms with Crippen LogP contribution in [0.4, 0.5) is 19.0 Å². The van der Waals surface area contributed by atoms with E-state index in [1.54, 1.807) is 0 Å². The predicted octanol–water partition coefficient (Wildman–Crippen LogP) is 4.17. The summed E-state index contributed by atoms with van der Waals surface area (Å²) < 4.78 is 36.8. The highest BCUT2D eigenvalue weighted by atomic mass is 35.5. The van der Waals surface area contributed by atoms with Crippen LogP contribution in [0.3, 0.4) is 0 Å². The molecule has 1 atom stereocenters. The predicted molar refractivity (Wildman–Crippen MR) is 66.8 cm³/mol. The third-order valence-corrected chi connectivity index (χ3v) is 3.06. The van der Waals surface area contributed by atoms with Gasteiger partial charge in [0.25, 0.3) is 0 Å². The molecule has 1 aromatic rings. The number of nitrogens with one attached hydrogen (secondary N) is 1. The number of pyridine rings is 1. The molecule has 1 unspecified atom stereocenters. The lowest BCUT2D eigenvalue weighted by molar-refractivity contribution is -0.137. The van der Waals surface area contributed by atoms with Crippen molar-refractivity contribution in [1.82, 2.24) is 4.98 Å². The lowest BCUT2D eigenvalue weighted by atomic mass is 10.1. The van der Waals surface area contributed by atoms with Crippen molar-refractivity contribution < 1.29 is 13.2 Å². The van der Waals surface area contributed by atoms with Crippen molar-refractivity contribution in [3.63, 3.8) is 0 Å². The number of halogens is 4. The van der Waals surface area contributed by atoms with Gasteiger partial charge in [-0.2, -0.15) is 13.2 Å². The maximum absolute atomic E-state index is 12.3. The largest absolute Gasteiger partial charge is 0.417 e. The van der Waals surface area contributed by atoms with Crippen LogP contribution in [0.5, 0.6) is 0 Å². The number of anilines is 1. The van der Waals surface area contributed by atoms with Crippen LogP contribution in [0.1, 0.15) is 25.3 Å². The van der Waals surface area contributed by atoms with Gasteiger partial charge in [0.05, 0.1) is 5.56 Å². The molecule has 0 saturated carbocycles. The van der Waals surface area contributed by atoms with Gasteiger partial charge in [-0.25, -0.2) is 4.98 Å². The third kappa shape index (κ3) is 5.12. The van der Waals surface area contributed by atoms with Crippen LogP contribution in [-0.2, 0) is 6.18 Å². The van der Waals surface area contributed by atoms with Gasteiger partial charge in [0.1, 0.15) is 5.82 Å². The molecular weight excluding hydrogens is 265 g/mol. The van der Waals surface area contributed by atoms with Gasteiger partial charge in [-0.1, -0.05) is 6.92 Å². The molecule has 0 spiro atoms. The molecule has 0 aromatic carbocycles. The standard InChI is InChI=1S/C12H16ClF3N2/c1-9(7-13)3-2-6-17-11-5-4-10(8-18-11)12(14,15)16/h4-5,8-9H,2-3,6-7H2,1H3,(H,17,18). The van der Waals surface area contributed by atoms with Crippen molar-refractivity contribution in [3.05, 3.63) is 23.9 Å². The van der Waals surface area contributed by atoms with Gasteiger partial charge in [-0.15, -0.1) is 11.6 Å². The van der Waals surface area contributed by atoms with Crippen LogP contribution in [0.2, 0.25) is 0 Å². The summed E-state index contributed by atoms with van der Waals surface area (Å²) in [5.74, 6) is 1.54. The van der Waals surface area contributed by atoms with Gasteiger partial charge < -0.3 is 5.32 Å². The first-order valence-corrected chi connectivity index (χ1v) is 6.30. The maximum Gasteiger partial charge on any atom is 0.417 e. The van der Waals surface area contributed by atoms with Gasteiger partial charge in [-0.05, 0) is 30.9 Å². The Morgan fingerprint density at radius 2 is 2.11 bits per heavy atom. The Morgan fingerprint density at radius 1 is 1.39 bits per heavy atom. The van der Waals surface area contributed by atoms with Crippen molar-refractivity contribution >= 4 is 17.4 Å². The molecular formula is C12H16ClF3N2. The molecule has 1 N–H and O–H groups in total. The maximum atomic E-state index is 12.3. The van der Waals surface area contributed by atoms with Gasteiger partial charge in [-0.3, -0.25) is 0 Å². The summed E-state index contributed by atoms with van der Waals surface area (Å²) in [4.78, 5) is 3.72. The van der Waals surface area contributed by atoms with Gasteiger partial charge in [0.2, 0.25) is 0 Å². The summed E-state index contributed by atoms with van der Waals surface area (Å²) in [6, 6.07) is 2.37. The summed E-state index contributed by atoms with van der Waals surface area (Å²) in [5, 5.41) is 2.98. The number of hydrogen-bond donors (Lipinski definition) is 1. The highest BCUT2D eigenvalue weighted by Crippen LogP contribution is 2.28. The molecule has 0 aliphatic heterocycles. The van der Waals surface area contributed by atoms with Gasteiger partial charge in [0.15, 0.2) is 0 Å². The molecule has 0 radical (unpaired) electrons. The van der Waals surface area contributed by atoms with E-state index < -0.39 is 11.7 Å². The Kier molecular flexibility index (Phi) is 5.72. The Morgan fingerprint density at radius 3 is 2.61 bits per heavy atom. The van der Waals surface area contributed by atoms with Crippen LogP contribution < -0.4 is 5.32 Å². The third-order valence-electron chi connectivity index (χ3n) is 2.53. The Bertz CT molecular complexity index is 351. The fourth-order valence-electron chi connectivity index (χ4n) is 1.41. The molecule has 0 aliphatic carbocycles. The zero-order valence-corrected chi connectivity index (χ0v) is 10.9. The summed E-state index contributed by atoms with van der Waals surface area (Å²) in [7, 11) is 0. The van der Waals surface area contributed by atoms with Gasteiger partial charge >= 0.3 is 6.18 Å².